The molecule has 4 N–H and O–H groups in total. The van der Waals surface area contributed by atoms with Crippen molar-refractivity contribution in [1.29, 1.82) is 0 Å². The molecule has 2 atom stereocenters. The quantitative estimate of drug-likeness (QED) is 0.266. The van der Waals surface area contributed by atoms with Crippen LogP contribution in [0.25, 0.3) is 10.9 Å². The van der Waals surface area contributed by atoms with Gasteiger partial charge in [-0.25, -0.2) is 15.0 Å². The number of rotatable bonds is 10. The Bertz CT molecular complexity index is 1340. The minimum atomic E-state index is -0.354. The minimum Gasteiger partial charge on any atom is -0.494 e. The van der Waals surface area contributed by atoms with Gasteiger partial charge in [-0.15, -0.1) is 0 Å². The maximum absolute atomic E-state index is 12.6. The predicted octanol–water partition coefficient (Wildman–Crippen LogP) is 2.38. The van der Waals surface area contributed by atoms with Crippen LogP contribution < -0.4 is 26.0 Å². The number of hydrogen-bond donors (Lipinski definition) is 4. The number of hydrogen-bond acceptors (Lipinski definition) is 12. The Hall–Kier alpha value is -3.91. The van der Waals surface area contributed by atoms with Gasteiger partial charge in [0.2, 0.25) is 5.91 Å². The molecule has 0 saturated carbocycles. The summed E-state index contributed by atoms with van der Waals surface area (Å²) in [6, 6.07) is 7.50. The van der Waals surface area contributed by atoms with Crippen molar-refractivity contribution < 1.29 is 28.5 Å². The number of ether oxygens (including phenoxy) is 4. The number of fused-ring (bicyclic) bond motifs is 1. The van der Waals surface area contributed by atoms with E-state index in [1.54, 1.807) is 12.1 Å². The van der Waals surface area contributed by atoms with E-state index in [9.17, 15) is 9.59 Å². The molecule has 0 aliphatic carbocycles. The molecular weight excluding hydrogens is 530 g/mol. The molecule has 41 heavy (non-hydrogen) atoms. The summed E-state index contributed by atoms with van der Waals surface area (Å²) in [7, 11) is 2.85. The Kier molecular flexibility index (Phi) is 9.51. The Morgan fingerprint density at radius 3 is 2.49 bits per heavy atom. The second-order valence-corrected chi connectivity index (χ2v) is 9.73. The number of nitrogens with zero attached hydrogens (tertiary/aromatic N) is 3. The first kappa shape index (κ1) is 28.6. The van der Waals surface area contributed by atoms with Crippen molar-refractivity contribution in [3.05, 3.63) is 41.9 Å². The fraction of sp³-hybridized carbons (Fsp3) is 0.464. The summed E-state index contributed by atoms with van der Waals surface area (Å²) in [5.74, 6) is 0.950. The number of pyridine rings is 1. The van der Waals surface area contributed by atoms with Crippen molar-refractivity contribution in [3.8, 4) is 5.75 Å². The summed E-state index contributed by atoms with van der Waals surface area (Å²) in [4.78, 5) is 37.8. The van der Waals surface area contributed by atoms with Gasteiger partial charge in [0.25, 0.3) is 0 Å². The van der Waals surface area contributed by atoms with Crippen LogP contribution in [0, 0.1) is 0 Å². The van der Waals surface area contributed by atoms with Crippen molar-refractivity contribution >= 4 is 40.1 Å². The van der Waals surface area contributed by atoms with Crippen molar-refractivity contribution in [2.75, 3.05) is 64.2 Å². The van der Waals surface area contributed by atoms with Crippen LogP contribution in [0.4, 0.5) is 17.3 Å². The van der Waals surface area contributed by atoms with Gasteiger partial charge in [-0.1, -0.05) is 0 Å². The lowest BCUT2D eigenvalue weighted by molar-refractivity contribution is -0.140. The van der Waals surface area contributed by atoms with Crippen LogP contribution >= 0.6 is 0 Å². The normalized spacial score (nSPS) is 19.0. The van der Waals surface area contributed by atoms with Gasteiger partial charge >= 0.3 is 5.97 Å². The highest BCUT2D eigenvalue weighted by Crippen LogP contribution is 2.34. The number of aromatic nitrogens is 3. The van der Waals surface area contributed by atoms with Gasteiger partial charge in [-0.05, 0) is 30.2 Å². The zero-order valence-electron chi connectivity index (χ0n) is 23.2. The molecular formula is C28H35N7O6. The molecule has 1 aromatic carbocycles. The molecule has 13 nitrogen and oxygen atoms in total. The van der Waals surface area contributed by atoms with E-state index >= 15 is 0 Å². The molecule has 2 aromatic heterocycles. The smallest absolute Gasteiger partial charge is 0.305 e. The Morgan fingerprint density at radius 2 is 1.78 bits per heavy atom. The predicted molar refractivity (Wildman–Crippen MR) is 151 cm³/mol. The van der Waals surface area contributed by atoms with Crippen LogP contribution in [0.15, 0.2) is 30.6 Å². The summed E-state index contributed by atoms with van der Waals surface area (Å²) >= 11 is 0. The number of benzene rings is 1. The highest BCUT2D eigenvalue weighted by atomic mass is 16.5. The molecule has 2 fully saturated rings. The van der Waals surface area contributed by atoms with E-state index < -0.39 is 0 Å². The number of carbonyl (C=O) groups is 2. The van der Waals surface area contributed by atoms with Crippen molar-refractivity contribution in [1.82, 2.24) is 25.6 Å². The number of methoxy groups -OCH3 is 2. The second-order valence-electron chi connectivity index (χ2n) is 9.73. The number of nitrogens with one attached hydrogen (secondary N) is 4. The highest BCUT2D eigenvalue weighted by Gasteiger charge is 2.23. The zero-order valence-corrected chi connectivity index (χ0v) is 23.2. The number of anilines is 3. The van der Waals surface area contributed by atoms with E-state index in [-0.39, 0.29) is 36.9 Å². The zero-order chi connectivity index (χ0) is 28.6. The molecule has 0 radical (unpaired) electrons. The van der Waals surface area contributed by atoms with Crippen LogP contribution in [0.3, 0.4) is 0 Å². The minimum absolute atomic E-state index is 0.116. The topological polar surface area (TPSA) is 158 Å². The van der Waals surface area contributed by atoms with Gasteiger partial charge in [0.1, 0.15) is 29.8 Å². The third-order valence-corrected chi connectivity index (χ3v) is 6.91. The first-order valence-corrected chi connectivity index (χ1v) is 13.7. The van der Waals surface area contributed by atoms with Gasteiger partial charge in [-0.3, -0.25) is 9.59 Å². The summed E-state index contributed by atoms with van der Waals surface area (Å²) < 4.78 is 22.2. The fourth-order valence-corrected chi connectivity index (χ4v) is 4.80. The third kappa shape index (κ3) is 7.24. The molecule has 5 rings (SSSR count). The summed E-state index contributed by atoms with van der Waals surface area (Å²) in [6.07, 6.45) is 1.85. The highest BCUT2D eigenvalue weighted by molar-refractivity contribution is 5.99. The Morgan fingerprint density at radius 1 is 1.00 bits per heavy atom. The van der Waals surface area contributed by atoms with Crippen LogP contribution in [-0.4, -0.2) is 80.4 Å². The van der Waals surface area contributed by atoms with E-state index in [2.05, 4.69) is 36.0 Å². The van der Waals surface area contributed by atoms with Crippen LogP contribution in [0.2, 0.25) is 0 Å². The first-order chi connectivity index (χ1) is 20.0. The number of morpholine rings is 2. The third-order valence-electron chi connectivity index (χ3n) is 6.91. The Labute approximate surface area is 237 Å². The van der Waals surface area contributed by atoms with Gasteiger partial charge in [0.15, 0.2) is 0 Å². The standard InChI is InChI=1S/C28H35N7O6/c1-38-22-13-19-18(12-21(22)34-26(36)4-3-5-27(37)39-2)28(32-16-31-19)35-25-11-17(23-14-29-6-8-40-23)10-20(33-25)24-15-30-7-9-41-24/h10-13,16,23-24,29-30H,3-9,14-15H2,1-2H3,(H,34,36)(H,31,32,33,35). The second kappa shape index (κ2) is 13.6. The van der Waals surface area contributed by atoms with Gasteiger partial charge in [-0.2, -0.15) is 0 Å². The molecule has 1 amide bonds. The van der Waals surface area contributed by atoms with Crippen LogP contribution in [0.1, 0.15) is 42.7 Å². The van der Waals surface area contributed by atoms with E-state index in [1.165, 1.54) is 20.5 Å². The monoisotopic (exact) mass is 565 g/mol. The molecule has 2 aliphatic heterocycles. The molecule has 218 valence electrons. The van der Waals surface area contributed by atoms with E-state index in [1.807, 2.05) is 12.1 Å². The molecule has 0 bridgehead atoms. The molecule has 2 aliphatic rings. The average Bonchev–Trinajstić information content (AvgIpc) is 3.01. The molecule has 3 aromatic rings. The van der Waals surface area contributed by atoms with Crippen LogP contribution in [0.5, 0.6) is 5.75 Å². The van der Waals surface area contributed by atoms with Gasteiger partial charge in [0.05, 0.1) is 50.4 Å². The van der Waals surface area contributed by atoms with E-state index in [4.69, 9.17) is 19.2 Å². The molecule has 2 saturated heterocycles. The summed E-state index contributed by atoms with van der Waals surface area (Å²) in [6.45, 7) is 4.22. The average molecular weight is 566 g/mol. The van der Waals surface area contributed by atoms with Crippen LogP contribution in [-0.2, 0) is 23.8 Å². The number of amides is 1. The maximum Gasteiger partial charge on any atom is 0.305 e. The van der Waals surface area contributed by atoms with Crippen molar-refractivity contribution in [2.45, 2.75) is 31.5 Å². The van der Waals surface area contributed by atoms with E-state index in [0.29, 0.717) is 66.7 Å². The van der Waals surface area contributed by atoms with Crippen molar-refractivity contribution in [2.24, 2.45) is 0 Å². The summed E-state index contributed by atoms with van der Waals surface area (Å²) in [5, 5.41) is 13.6. The largest absolute Gasteiger partial charge is 0.494 e. The number of carbonyl (C=O) groups excluding carboxylic acids is 2. The fourth-order valence-electron chi connectivity index (χ4n) is 4.80. The van der Waals surface area contributed by atoms with Gasteiger partial charge < -0.3 is 40.2 Å². The lowest BCUT2D eigenvalue weighted by atomic mass is 10.1. The number of esters is 1. The van der Waals surface area contributed by atoms with Crippen molar-refractivity contribution in [3.63, 3.8) is 0 Å². The van der Waals surface area contributed by atoms with Gasteiger partial charge in [0, 0.05) is 50.5 Å². The molecule has 13 heteroatoms. The first-order valence-electron chi connectivity index (χ1n) is 13.7. The maximum atomic E-state index is 12.6. The molecule has 0 spiro atoms. The SMILES string of the molecule is COC(=O)CCCC(=O)Nc1cc2c(Nc3cc(C4CNCCO4)cc(C4CNCCO4)n3)ncnc2cc1OC. The lowest BCUT2D eigenvalue weighted by Gasteiger charge is -2.27. The lowest BCUT2D eigenvalue weighted by Crippen LogP contribution is -2.35. The molecule has 2 unspecified atom stereocenters. The Balaban J connectivity index is 1.43. The summed E-state index contributed by atoms with van der Waals surface area (Å²) in [5.41, 5.74) is 2.87. The molecule has 4 heterocycles. The van der Waals surface area contributed by atoms with E-state index in [0.717, 1.165) is 24.3 Å².